The number of anilines is 1. The van der Waals surface area contributed by atoms with E-state index in [2.05, 4.69) is 6.07 Å². The van der Waals surface area contributed by atoms with Gasteiger partial charge in [0.25, 0.3) is 0 Å². The van der Waals surface area contributed by atoms with E-state index in [9.17, 15) is 0 Å². The first-order chi connectivity index (χ1) is 7.75. The van der Waals surface area contributed by atoms with Crippen molar-refractivity contribution in [2.24, 2.45) is 0 Å². The molecule has 0 amide bonds. The number of aryl methyl sites for hydroxylation is 2. The molecule has 0 aliphatic rings. The maximum absolute atomic E-state index is 9.17. The van der Waals surface area contributed by atoms with Crippen molar-refractivity contribution in [1.82, 2.24) is 0 Å². The van der Waals surface area contributed by atoms with Gasteiger partial charge in [-0.25, -0.2) is 0 Å². The Kier molecular flexibility index (Phi) is 4.85. The van der Waals surface area contributed by atoms with Crippen molar-refractivity contribution < 1.29 is 5.11 Å². The fraction of sp³-hybridized carbons (Fsp3) is 0.143. The van der Waals surface area contributed by atoms with Crippen LogP contribution in [0.3, 0.4) is 0 Å². The van der Waals surface area contributed by atoms with E-state index in [1.54, 1.807) is 12.1 Å². The summed E-state index contributed by atoms with van der Waals surface area (Å²) in [6, 6.07) is 15.2. The molecule has 0 atom stereocenters. The molecule has 2 aromatic rings. The average Bonchev–Trinajstić information content (AvgIpc) is 2.30. The predicted octanol–water partition coefficient (Wildman–Crippen LogP) is 3.18. The summed E-state index contributed by atoms with van der Waals surface area (Å²) < 4.78 is 0. The third-order valence-electron chi connectivity index (χ3n) is 2.67. The summed E-state index contributed by atoms with van der Waals surface area (Å²) in [7, 11) is 0. The molecule has 2 rings (SSSR count). The zero-order valence-electron chi connectivity index (χ0n) is 9.47. The Morgan fingerprint density at radius 1 is 0.882 bits per heavy atom. The van der Waals surface area contributed by atoms with Crippen LogP contribution < -0.4 is 5.73 Å². The van der Waals surface area contributed by atoms with Gasteiger partial charge in [-0.1, -0.05) is 30.3 Å². The number of aromatic hydroxyl groups is 1. The fourth-order valence-electron chi connectivity index (χ4n) is 1.70. The van der Waals surface area contributed by atoms with E-state index in [-0.39, 0.29) is 12.4 Å². The van der Waals surface area contributed by atoms with E-state index < -0.39 is 0 Å². The van der Waals surface area contributed by atoms with Crippen LogP contribution in [-0.2, 0) is 12.8 Å². The normalized spacial score (nSPS) is 9.65. The highest BCUT2D eigenvalue weighted by Gasteiger charge is 1.99. The summed E-state index contributed by atoms with van der Waals surface area (Å²) in [5.41, 5.74) is 9.10. The van der Waals surface area contributed by atoms with Crippen LogP contribution >= 0.6 is 12.4 Å². The maximum Gasteiger partial charge on any atom is 0.115 e. The predicted molar refractivity (Wildman–Crippen MR) is 73.6 cm³/mol. The van der Waals surface area contributed by atoms with E-state index >= 15 is 0 Å². The molecule has 0 aliphatic heterocycles. The lowest BCUT2D eigenvalue weighted by Gasteiger charge is -2.05. The number of hydrogen-bond donors (Lipinski definition) is 2. The molecular formula is C14H16ClNO. The Bertz CT molecular complexity index is 468. The first kappa shape index (κ1) is 13.4. The summed E-state index contributed by atoms with van der Waals surface area (Å²) in [6.07, 6.45) is 1.87. The summed E-state index contributed by atoms with van der Waals surface area (Å²) >= 11 is 0. The molecule has 0 unspecified atom stereocenters. The lowest BCUT2D eigenvalue weighted by Crippen LogP contribution is -1.96. The van der Waals surface area contributed by atoms with Gasteiger partial charge in [-0.05, 0) is 42.2 Å². The number of phenols is 1. The van der Waals surface area contributed by atoms with Gasteiger partial charge < -0.3 is 10.8 Å². The van der Waals surface area contributed by atoms with Gasteiger partial charge in [0.05, 0.1) is 0 Å². The molecule has 3 N–H and O–H groups in total. The van der Waals surface area contributed by atoms with Crippen LogP contribution in [0.2, 0.25) is 0 Å². The number of rotatable bonds is 3. The highest BCUT2D eigenvalue weighted by Crippen LogP contribution is 2.15. The minimum atomic E-state index is 0. The third kappa shape index (κ3) is 3.68. The van der Waals surface area contributed by atoms with Crippen molar-refractivity contribution in [1.29, 1.82) is 0 Å². The topological polar surface area (TPSA) is 46.2 Å². The number of halogens is 1. The highest BCUT2D eigenvalue weighted by atomic mass is 35.5. The van der Waals surface area contributed by atoms with Gasteiger partial charge in [-0.3, -0.25) is 0 Å². The van der Waals surface area contributed by atoms with Gasteiger partial charge in [-0.15, -0.1) is 12.4 Å². The van der Waals surface area contributed by atoms with Gasteiger partial charge in [0, 0.05) is 5.69 Å². The van der Waals surface area contributed by atoms with E-state index in [1.165, 1.54) is 11.1 Å². The molecule has 2 aromatic carbocycles. The standard InChI is InChI=1S/C14H15NO.ClH/c15-14-4-2-1-3-12(14)8-5-11-6-9-13(16)10-7-11;/h1-4,6-7,9-10,16H,5,8,15H2;1H. The maximum atomic E-state index is 9.17. The molecular weight excluding hydrogens is 234 g/mol. The Morgan fingerprint density at radius 2 is 1.53 bits per heavy atom. The van der Waals surface area contributed by atoms with Gasteiger partial charge >= 0.3 is 0 Å². The smallest absolute Gasteiger partial charge is 0.115 e. The molecule has 0 heterocycles. The molecule has 2 nitrogen and oxygen atoms in total. The largest absolute Gasteiger partial charge is 0.508 e. The van der Waals surface area contributed by atoms with Gasteiger partial charge in [0.1, 0.15) is 5.75 Å². The zero-order valence-corrected chi connectivity index (χ0v) is 10.3. The SMILES string of the molecule is Cl.Nc1ccccc1CCc1ccc(O)cc1. The first-order valence-electron chi connectivity index (χ1n) is 5.37. The van der Waals surface area contributed by atoms with Crippen molar-refractivity contribution in [3.05, 3.63) is 59.7 Å². The molecule has 0 radical (unpaired) electrons. The molecule has 0 bridgehead atoms. The third-order valence-corrected chi connectivity index (χ3v) is 2.67. The minimum Gasteiger partial charge on any atom is -0.508 e. The zero-order chi connectivity index (χ0) is 11.4. The number of benzene rings is 2. The van der Waals surface area contributed by atoms with E-state index in [0.29, 0.717) is 5.75 Å². The van der Waals surface area contributed by atoms with Crippen LogP contribution in [-0.4, -0.2) is 5.11 Å². The first-order valence-corrected chi connectivity index (χ1v) is 5.37. The van der Waals surface area contributed by atoms with E-state index in [4.69, 9.17) is 10.8 Å². The highest BCUT2D eigenvalue weighted by molar-refractivity contribution is 5.85. The number of para-hydroxylation sites is 1. The molecule has 0 saturated heterocycles. The minimum absolute atomic E-state index is 0. The molecule has 0 spiro atoms. The summed E-state index contributed by atoms with van der Waals surface area (Å²) in [4.78, 5) is 0. The lowest BCUT2D eigenvalue weighted by atomic mass is 10.0. The summed E-state index contributed by atoms with van der Waals surface area (Å²) in [5.74, 6) is 0.308. The second kappa shape index (κ2) is 6.16. The van der Waals surface area contributed by atoms with Gasteiger partial charge in [-0.2, -0.15) is 0 Å². The van der Waals surface area contributed by atoms with Crippen molar-refractivity contribution in [3.8, 4) is 5.75 Å². The van der Waals surface area contributed by atoms with E-state index in [1.807, 2.05) is 30.3 Å². The van der Waals surface area contributed by atoms with E-state index in [0.717, 1.165) is 18.5 Å². The second-order valence-corrected chi connectivity index (χ2v) is 3.87. The van der Waals surface area contributed by atoms with Crippen LogP contribution in [0.5, 0.6) is 5.75 Å². The van der Waals surface area contributed by atoms with Crippen LogP contribution in [0.25, 0.3) is 0 Å². The fourth-order valence-corrected chi connectivity index (χ4v) is 1.70. The number of hydrogen-bond acceptors (Lipinski definition) is 2. The Balaban J connectivity index is 0.00000144. The van der Waals surface area contributed by atoms with Crippen LogP contribution in [0.15, 0.2) is 48.5 Å². The van der Waals surface area contributed by atoms with Gasteiger partial charge in [0.15, 0.2) is 0 Å². The molecule has 0 aromatic heterocycles. The average molecular weight is 250 g/mol. The lowest BCUT2D eigenvalue weighted by molar-refractivity contribution is 0.475. The quantitative estimate of drug-likeness (QED) is 0.821. The van der Waals surface area contributed by atoms with Crippen molar-refractivity contribution >= 4 is 18.1 Å². The molecule has 17 heavy (non-hydrogen) atoms. The molecule has 90 valence electrons. The molecule has 0 saturated carbocycles. The van der Waals surface area contributed by atoms with Crippen LogP contribution in [0, 0.1) is 0 Å². The Morgan fingerprint density at radius 3 is 2.18 bits per heavy atom. The van der Waals surface area contributed by atoms with Crippen molar-refractivity contribution in [2.75, 3.05) is 5.73 Å². The number of nitrogens with two attached hydrogens (primary N) is 1. The Labute approximate surface area is 108 Å². The van der Waals surface area contributed by atoms with Crippen molar-refractivity contribution in [2.45, 2.75) is 12.8 Å². The second-order valence-electron chi connectivity index (χ2n) is 3.87. The van der Waals surface area contributed by atoms with Crippen molar-refractivity contribution in [3.63, 3.8) is 0 Å². The summed E-state index contributed by atoms with van der Waals surface area (Å²) in [6.45, 7) is 0. The number of nitrogen functional groups attached to an aromatic ring is 1. The Hall–Kier alpha value is -1.67. The molecule has 0 aliphatic carbocycles. The molecule has 3 heteroatoms. The molecule has 0 fully saturated rings. The van der Waals surface area contributed by atoms with Gasteiger partial charge in [0.2, 0.25) is 0 Å². The van der Waals surface area contributed by atoms with Crippen LogP contribution in [0.1, 0.15) is 11.1 Å². The number of phenolic OH excluding ortho intramolecular Hbond substituents is 1. The van der Waals surface area contributed by atoms with Crippen LogP contribution in [0.4, 0.5) is 5.69 Å². The summed E-state index contributed by atoms with van der Waals surface area (Å²) in [5, 5.41) is 9.17. The monoisotopic (exact) mass is 249 g/mol.